The highest BCUT2D eigenvalue weighted by molar-refractivity contribution is 5.48. The summed E-state index contributed by atoms with van der Waals surface area (Å²) in [6.07, 6.45) is 3.74. The van der Waals surface area contributed by atoms with Crippen LogP contribution in [0.4, 0.5) is 11.5 Å². The highest BCUT2D eigenvalue weighted by Crippen LogP contribution is 2.25. The van der Waals surface area contributed by atoms with Crippen molar-refractivity contribution in [2.24, 2.45) is 5.92 Å². The summed E-state index contributed by atoms with van der Waals surface area (Å²) in [5, 5.41) is 14.3. The first-order valence-corrected chi connectivity index (χ1v) is 7.56. The van der Waals surface area contributed by atoms with Gasteiger partial charge in [0.25, 0.3) is 5.69 Å². The van der Waals surface area contributed by atoms with Crippen molar-refractivity contribution in [2.45, 2.75) is 39.7 Å². The summed E-state index contributed by atoms with van der Waals surface area (Å²) in [5.74, 6) is 1.46. The second kappa shape index (κ2) is 6.85. The van der Waals surface area contributed by atoms with Crippen LogP contribution in [0.5, 0.6) is 0 Å². The Morgan fingerprint density at radius 2 is 2.33 bits per heavy atom. The second-order valence-electron chi connectivity index (χ2n) is 6.10. The third kappa shape index (κ3) is 4.14. The van der Waals surface area contributed by atoms with Crippen LogP contribution in [-0.2, 0) is 0 Å². The van der Waals surface area contributed by atoms with Crippen LogP contribution in [0.25, 0.3) is 0 Å². The maximum absolute atomic E-state index is 10.9. The molecule has 0 saturated carbocycles. The number of piperidine rings is 1. The Labute approximate surface area is 125 Å². The quantitative estimate of drug-likeness (QED) is 0.667. The summed E-state index contributed by atoms with van der Waals surface area (Å²) in [5.41, 5.74) is 0.765. The highest BCUT2D eigenvalue weighted by Gasteiger charge is 2.22. The zero-order chi connectivity index (χ0) is 15.4. The van der Waals surface area contributed by atoms with Crippen LogP contribution in [-0.4, -0.2) is 35.6 Å². The monoisotopic (exact) mass is 292 g/mol. The molecule has 0 spiro atoms. The lowest BCUT2D eigenvalue weighted by Gasteiger charge is -2.34. The molecule has 1 saturated heterocycles. The molecule has 1 aromatic rings. The van der Waals surface area contributed by atoms with E-state index in [1.165, 1.54) is 12.6 Å². The maximum atomic E-state index is 10.9. The van der Waals surface area contributed by atoms with Crippen molar-refractivity contribution in [1.82, 2.24) is 10.3 Å². The SMILES string of the molecule is Cc1cc(N2CCCC(CNC(C)C)C2)ncc1[N+](=O)[O-]. The van der Waals surface area contributed by atoms with E-state index in [1.807, 2.05) is 6.07 Å². The molecule has 0 radical (unpaired) electrons. The van der Waals surface area contributed by atoms with Gasteiger partial charge in [0.2, 0.25) is 0 Å². The summed E-state index contributed by atoms with van der Waals surface area (Å²) >= 11 is 0. The summed E-state index contributed by atoms with van der Waals surface area (Å²) in [6.45, 7) is 9.03. The molecular formula is C15H24N4O2. The van der Waals surface area contributed by atoms with Gasteiger partial charge in [0, 0.05) is 24.7 Å². The largest absolute Gasteiger partial charge is 0.356 e. The van der Waals surface area contributed by atoms with Gasteiger partial charge in [0.15, 0.2) is 0 Å². The molecule has 1 atom stereocenters. The van der Waals surface area contributed by atoms with Crippen molar-refractivity contribution in [1.29, 1.82) is 0 Å². The van der Waals surface area contributed by atoms with Crippen molar-refractivity contribution in [3.63, 3.8) is 0 Å². The van der Waals surface area contributed by atoms with Crippen LogP contribution in [0, 0.1) is 23.0 Å². The molecule has 116 valence electrons. The Balaban J connectivity index is 2.04. The lowest BCUT2D eigenvalue weighted by atomic mass is 9.97. The number of hydrogen-bond donors (Lipinski definition) is 1. The van der Waals surface area contributed by atoms with Crippen LogP contribution in [0.1, 0.15) is 32.3 Å². The third-order valence-corrected chi connectivity index (χ3v) is 3.92. The van der Waals surface area contributed by atoms with Crippen LogP contribution < -0.4 is 10.2 Å². The Bertz CT molecular complexity index is 504. The van der Waals surface area contributed by atoms with E-state index in [-0.39, 0.29) is 10.6 Å². The Morgan fingerprint density at radius 1 is 1.57 bits per heavy atom. The van der Waals surface area contributed by atoms with Gasteiger partial charge in [-0.25, -0.2) is 4.98 Å². The molecule has 21 heavy (non-hydrogen) atoms. The van der Waals surface area contributed by atoms with Crippen LogP contribution in [0.3, 0.4) is 0 Å². The second-order valence-corrected chi connectivity index (χ2v) is 6.10. The van der Waals surface area contributed by atoms with Crippen LogP contribution >= 0.6 is 0 Å². The molecule has 2 rings (SSSR count). The number of anilines is 1. The number of nitrogens with zero attached hydrogens (tertiary/aromatic N) is 3. The number of pyridine rings is 1. The number of nitrogens with one attached hydrogen (secondary N) is 1. The molecule has 0 amide bonds. The van der Waals surface area contributed by atoms with E-state index in [0.29, 0.717) is 17.5 Å². The van der Waals surface area contributed by atoms with Gasteiger partial charge in [-0.15, -0.1) is 0 Å². The van der Waals surface area contributed by atoms with E-state index in [4.69, 9.17) is 0 Å². The summed E-state index contributed by atoms with van der Waals surface area (Å²) < 4.78 is 0. The number of hydrogen-bond acceptors (Lipinski definition) is 5. The minimum absolute atomic E-state index is 0.0915. The van der Waals surface area contributed by atoms with Crippen molar-refractivity contribution < 1.29 is 4.92 Å². The first-order chi connectivity index (χ1) is 9.97. The number of rotatable bonds is 5. The molecule has 6 heteroatoms. The summed E-state index contributed by atoms with van der Waals surface area (Å²) in [7, 11) is 0. The molecule has 2 heterocycles. The van der Waals surface area contributed by atoms with E-state index < -0.39 is 0 Å². The van der Waals surface area contributed by atoms with E-state index >= 15 is 0 Å². The van der Waals surface area contributed by atoms with Gasteiger partial charge in [-0.2, -0.15) is 0 Å². The number of aryl methyl sites for hydroxylation is 1. The zero-order valence-corrected chi connectivity index (χ0v) is 13.0. The minimum atomic E-state index is -0.377. The molecule has 1 unspecified atom stereocenters. The van der Waals surface area contributed by atoms with E-state index in [0.717, 1.165) is 31.9 Å². The van der Waals surface area contributed by atoms with Gasteiger partial charge in [0.05, 0.1) is 4.92 Å². The van der Waals surface area contributed by atoms with E-state index in [1.54, 1.807) is 6.92 Å². The topological polar surface area (TPSA) is 71.3 Å². The first-order valence-electron chi connectivity index (χ1n) is 7.56. The zero-order valence-electron chi connectivity index (χ0n) is 13.0. The Hall–Kier alpha value is -1.69. The minimum Gasteiger partial charge on any atom is -0.356 e. The van der Waals surface area contributed by atoms with Crippen molar-refractivity contribution in [3.05, 3.63) is 27.9 Å². The van der Waals surface area contributed by atoms with Crippen LogP contribution in [0.2, 0.25) is 0 Å². The fraction of sp³-hybridized carbons (Fsp3) is 0.667. The fourth-order valence-electron chi connectivity index (χ4n) is 2.74. The average molecular weight is 292 g/mol. The van der Waals surface area contributed by atoms with Crippen molar-refractivity contribution in [3.8, 4) is 0 Å². The maximum Gasteiger partial charge on any atom is 0.290 e. The van der Waals surface area contributed by atoms with Crippen molar-refractivity contribution >= 4 is 11.5 Å². The predicted molar refractivity (Wildman–Crippen MR) is 83.7 cm³/mol. The standard InChI is InChI=1S/C15H24N4O2/c1-11(2)16-8-13-5-4-6-18(10-13)15-7-12(3)14(9-17-15)19(20)21/h7,9,11,13,16H,4-6,8,10H2,1-3H3. The molecule has 0 aliphatic carbocycles. The molecule has 1 aliphatic rings. The van der Waals surface area contributed by atoms with Gasteiger partial charge >= 0.3 is 0 Å². The first kappa shape index (κ1) is 15.7. The fourth-order valence-corrected chi connectivity index (χ4v) is 2.74. The normalized spacial score (nSPS) is 19.0. The predicted octanol–water partition coefficient (Wildman–Crippen LogP) is 2.51. The third-order valence-electron chi connectivity index (χ3n) is 3.92. The molecular weight excluding hydrogens is 268 g/mol. The number of nitro groups is 1. The smallest absolute Gasteiger partial charge is 0.290 e. The molecule has 1 N–H and O–H groups in total. The average Bonchev–Trinajstić information content (AvgIpc) is 2.45. The summed E-state index contributed by atoms with van der Waals surface area (Å²) in [6, 6.07) is 2.33. The van der Waals surface area contributed by atoms with E-state index in [2.05, 4.69) is 29.0 Å². The molecule has 1 fully saturated rings. The molecule has 6 nitrogen and oxygen atoms in total. The Morgan fingerprint density at radius 3 is 2.95 bits per heavy atom. The van der Waals surface area contributed by atoms with Gasteiger partial charge in [-0.05, 0) is 38.3 Å². The van der Waals surface area contributed by atoms with Gasteiger partial charge < -0.3 is 10.2 Å². The lowest BCUT2D eigenvalue weighted by molar-refractivity contribution is -0.385. The number of aromatic nitrogens is 1. The van der Waals surface area contributed by atoms with Gasteiger partial charge in [0.1, 0.15) is 12.0 Å². The summed E-state index contributed by atoms with van der Waals surface area (Å²) in [4.78, 5) is 17.0. The van der Waals surface area contributed by atoms with Gasteiger partial charge in [-0.1, -0.05) is 13.8 Å². The van der Waals surface area contributed by atoms with E-state index in [9.17, 15) is 10.1 Å². The van der Waals surface area contributed by atoms with Gasteiger partial charge in [-0.3, -0.25) is 10.1 Å². The molecule has 1 aromatic heterocycles. The highest BCUT2D eigenvalue weighted by atomic mass is 16.6. The molecule has 0 aromatic carbocycles. The van der Waals surface area contributed by atoms with Crippen LogP contribution in [0.15, 0.2) is 12.3 Å². The lowest BCUT2D eigenvalue weighted by Crippen LogP contribution is -2.41. The van der Waals surface area contributed by atoms with Crippen molar-refractivity contribution in [2.75, 3.05) is 24.5 Å². The molecule has 1 aliphatic heterocycles. The Kier molecular flexibility index (Phi) is 5.12. The molecule has 0 bridgehead atoms.